The second-order valence-corrected chi connectivity index (χ2v) is 6.50. The predicted octanol–water partition coefficient (Wildman–Crippen LogP) is 3.28. The van der Waals surface area contributed by atoms with Crippen molar-refractivity contribution in [2.75, 3.05) is 0 Å². The monoisotopic (exact) mass is 377 g/mol. The van der Waals surface area contributed by atoms with E-state index >= 15 is 0 Å². The van der Waals surface area contributed by atoms with Gasteiger partial charge in [0.2, 0.25) is 11.8 Å². The van der Waals surface area contributed by atoms with Crippen LogP contribution in [0.4, 0.5) is 8.78 Å². The zero-order chi connectivity index (χ0) is 18.9. The molecule has 0 bridgehead atoms. The average Bonchev–Trinajstić information content (AvgIpc) is 3.40. The molecule has 1 saturated carbocycles. The maximum absolute atomic E-state index is 13.2. The molecule has 0 saturated heterocycles. The van der Waals surface area contributed by atoms with Crippen molar-refractivity contribution in [3.63, 3.8) is 0 Å². The molecule has 3 heterocycles. The SMILES string of the molecule is O=C(NCc1nc(C2CCC(F)(F)CC2)no1)c1cc(-c2ccco2)[nH]n1. The van der Waals surface area contributed by atoms with Crippen molar-refractivity contribution in [2.24, 2.45) is 0 Å². The van der Waals surface area contributed by atoms with Gasteiger partial charge in [0, 0.05) is 24.8 Å². The molecule has 4 rings (SSSR count). The molecule has 0 aliphatic heterocycles. The van der Waals surface area contributed by atoms with Gasteiger partial charge in [0.25, 0.3) is 5.91 Å². The number of H-pyrrole nitrogens is 1. The molecule has 1 aliphatic carbocycles. The highest BCUT2D eigenvalue weighted by atomic mass is 19.3. The van der Waals surface area contributed by atoms with Gasteiger partial charge in [-0.05, 0) is 25.0 Å². The first kappa shape index (κ1) is 17.4. The molecule has 0 unspecified atom stereocenters. The predicted molar refractivity (Wildman–Crippen MR) is 87.9 cm³/mol. The van der Waals surface area contributed by atoms with Crippen LogP contribution < -0.4 is 5.32 Å². The minimum Gasteiger partial charge on any atom is -0.463 e. The molecule has 10 heteroatoms. The Morgan fingerprint density at radius 1 is 1.37 bits per heavy atom. The number of aromatic amines is 1. The molecule has 3 aromatic heterocycles. The first-order chi connectivity index (χ1) is 13.0. The van der Waals surface area contributed by atoms with E-state index in [0.717, 1.165) is 0 Å². The summed E-state index contributed by atoms with van der Waals surface area (Å²) in [7, 11) is 0. The van der Waals surface area contributed by atoms with Crippen LogP contribution in [0, 0.1) is 0 Å². The lowest BCUT2D eigenvalue weighted by Crippen LogP contribution is -2.24. The third-order valence-electron chi connectivity index (χ3n) is 4.56. The first-order valence-corrected chi connectivity index (χ1v) is 8.58. The number of hydrogen-bond donors (Lipinski definition) is 2. The number of hydrogen-bond acceptors (Lipinski definition) is 6. The van der Waals surface area contributed by atoms with E-state index in [1.165, 1.54) is 6.26 Å². The minimum atomic E-state index is -2.60. The number of carbonyl (C=O) groups is 1. The van der Waals surface area contributed by atoms with Gasteiger partial charge in [-0.15, -0.1) is 0 Å². The number of nitrogens with one attached hydrogen (secondary N) is 2. The van der Waals surface area contributed by atoms with Crippen LogP contribution in [0.2, 0.25) is 0 Å². The summed E-state index contributed by atoms with van der Waals surface area (Å²) in [6.07, 6.45) is 1.82. The number of furan rings is 1. The van der Waals surface area contributed by atoms with Gasteiger partial charge in [0.15, 0.2) is 17.3 Å². The Morgan fingerprint density at radius 2 is 2.19 bits per heavy atom. The van der Waals surface area contributed by atoms with E-state index in [9.17, 15) is 13.6 Å². The van der Waals surface area contributed by atoms with E-state index in [0.29, 0.717) is 30.1 Å². The summed E-state index contributed by atoms with van der Waals surface area (Å²) in [6, 6.07) is 5.04. The lowest BCUT2D eigenvalue weighted by Gasteiger charge is -2.26. The third kappa shape index (κ3) is 3.88. The zero-order valence-corrected chi connectivity index (χ0v) is 14.2. The van der Waals surface area contributed by atoms with Crippen LogP contribution in [-0.2, 0) is 6.54 Å². The van der Waals surface area contributed by atoms with Crippen molar-refractivity contribution in [1.29, 1.82) is 0 Å². The highest BCUT2D eigenvalue weighted by molar-refractivity contribution is 5.93. The molecule has 1 amide bonds. The van der Waals surface area contributed by atoms with Crippen LogP contribution in [0.3, 0.4) is 0 Å². The Hall–Kier alpha value is -3.04. The van der Waals surface area contributed by atoms with Gasteiger partial charge >= 0.3 is 0 Å². The van der Waals surface area contributed by atoms with E-state index in [4.69, 9.17) is 8.94 Å². The highest BCUT2D eigenvalue weighted by Gasteiger charge is 2.36. The number of halogens is 2. The quantitative estimate of drug-likeness (QED) is 0.706. The van der Waals surface area contributed by atoms with Gasteiger partial charge in [-0.3, -0.25) is 9.89 Å². The van der Waals surface area contributed by atoms with Gasteiger partial charge in [-0.25, -0.2) is 8.78 Å². The van der Waals surface area contributed by atoms with Gasteiger partial charge in [0.05, 0.1) is 12.8 Å². The van der Waals surface area contributed by atoms with Crippen molar-refractivity contribution >= 4 is 5.91 Å². The summed E-state index contributed by atoms with van der Waals surface area (Å²) in [5.41, 5.74) is 0.773. The minimum absolute atomic E-state index is 0.0255. The fraction of sp³-hybridized carbons (Fsp3) is 0.412. The van der Waals surface area contributed by atoms with Crippen LogP contribution >= 0.6 is 0 Å². The van der Waals surface area contributed by atoms with E-state index < -0.39 is 11.8 Å². The Bertz CT molecular complexity index is 909. The first-order valence-electron chi connectivity index (χ1n) is 8.58. The summed E-state index contributed by atoms with van der Waals surface area (Å²) < 4.78 is 36.8. The van der Waals surface area contributed by atoms with Crippen molar-refractivity contribution in [2.45, 2.75) is 44.1 Å². The van der Waals surface area contributed by atoms with Crippen molar-refractivity contribution < 1.29 is 22.5 Å². The van der Waals surface area contributed by atoms with Gasteiger partial charge in [-0.1, -0.05) is 5.16 Å². The maximum Gasteiger partial charge on any atom is 0.272 e. The molecule has 0 atom stereocenters. The molecule has 3 aromatic rings. The van der Waals surface area contributed by atoms with Gasteiger partial charge in [-0.2, -0.15) is 10.1 Å². The summed E-state index contributed by atoms with van der Waals surface area (Å²) in [5, 5.41) is 13.2. The molecule has 1 fully saturated rings. The molecule has 142 valence electrons. The number of alkyl halides is 2. The number of amides is 1. The van der Waals surface area contributed by atoms with Crippen molar-refractivity contribution in [1.82, 2.24) is 25.7 Å². The smallest absolute Gasteiger partial charge is 0.272 e. The molecular formula is C17H17F2N5O3. The number of carbonyl (C=O) groups excluding carboxylic acids is 1. The Balaban J connectivity index is 1.33. The normalized spacial score (nSPS) is 17.1. The van der Waals surface area contributed by atoms with E-state index in [2.05, 4.69) is 25.7 Å². The second-order valence-electron chi connectivity index (χ2n) is 6.50. The molecule has 2 N–H and O–H groups in total. The fourth-order valence-electron chi connectivity index (χ4n) is 3.05. The van der Waals surface area contributed by atoms with Crippen molar-refractivity contribution in [3.05, 3.63) is 41.9 Å². The second kappa shape index (κ2) is 6.93. The summed E-state index contributed by atoms with van der Waals surface area (Å²) in [6.45, 7) is 0.0255. The molecule has 0 aromatic carbocycles. The van der Waals surface area contributed by atoms with Crippen molar-refractivity contribution in [3.8, 4) is 11.5 Å². The van der Waals surface area contributed by atoms with E-state index in [1.54, 1.807) is 18.2 Å². The Labute approximate surface area is 152 Å². The summed E-state index contributed by atoms with van der Waals surface area (Å²) >= 11 is 0. The Kier molecular flexibility index (Phi) is 4.46. The number of aromatic nitrogens is 4. The molecule has 0 radical (unpaired) electrons. The molecule has 0 spiro atoms. The van der Waals surface area contributed by atoms with Crippen LogP contribution in [0.1, 0.15) is 53.8 Å². The molecular weight excluding hydrogens is 360 g/mol. The summed E-state index contributed by atoms with van der Waals surface area (Å²) in [5.74, 6) is -1.95. The average molecular weight is 377 g/mol. The lowest BCUT2D eigenvalue weighted by atomic mass is 9.86. The molecule has 27 heavy (non-hydrogen) atoms. The van der Waals surface area contributed by atoms with Crippen LogP contribution in [0.25, 0.3) is 11.5 Å². The zero-order valence-electron chi connectivity index (χ0n) is 14.2. The standard InChI is InChI=1S/C17H17F2N5O3/c18-17(19)5-3-10(4-6-17)15-21-14(27-24-15)9-20-16(25)12-8-11(22-23-12)13-2-1-7-26-13/h1-2,7-8,10H,3-6,9H2,(H,20,25)(H,22,23). The maximum atomic E-state index is 13.2. The lowest BCUT2D eigenvalue weighted by molar-refractivity contribution is -0.0389. The summed E-state index contributed by atoms with van der Waals surface area (Å²) in [4.78, 5) is 16.4. The van der Waals surface area contributed by atoms with Crippen LogP contribution in [-0.4, -0.2) is 32.2 Å². The number of rotatable bonds is 5. The number of nitrogens with zero attached hydrogens (tertiary/aromatic N) is 3. The highest BCUT2D eigenvalue weighted by Crippen LogP contribution is 2.39. The molecule has 8 nitrogen and oxygen atoms in total. The third-order valence-corrected chi connectivity index (χ3v) is 4.56. The molecule has 1 aliphatic rings. The van der Waals surface area contributed by atoms with Gasteiger partial charge in [0.1, 0.15) is 5.69 Å². The largest absolute Gasteiger partial charge is 0.463 e. The fourth-order valence-corrected chi connectivity index (χ4v) is 3.05. The van der Waals surface area contributed by atoms with Crippen LogP contribution in [0.5, 0.6) is 0 Å². The topological polar surface area (TPSA) is 110 Å². The van der Waals surface area contributed by atoms with Gasteiger partial charge < -0.3 is 14.3 Å². The Morgan fingerprint density at radius 3 is 2.93 bits per heavy atom. The van der Waals surface area contributed by atoms with E-state index in [1.807, 2.05) is 0 Å². The van der Waals surface area contributed by atoms with E-state index in [-0.39, 0.29) is 36.9 Å². The van der Waals surface area contributed by atoms with Crippen LogP contribution in [0.15, 0.2) is 33.4 Å².